The highest BCUT2D eigenvalue weighted by molar-refractivity contribution is 6.16. The first-order valence-electron chi connectivity index (χ1n) is 14.2. The van der Waals surface area contributed by atoms with Gasteiger partial charge in [0.15, 0.2) is 11.6 Å². The molecule has 212 valence electrons. The lowest BCUT2D eigenvalue weighted by atomic mass is 9.62. The van der Waals surface area contributed by atoms with Gasteiger partial charge in [-0.2, -0.15) is 0 Å². The molecule has 43 heavy (non-hydrogen) atoms. The van der Waals surface area contributed by atoms with E-state index in [2.05, 4.69) is 5.32 Å². The summed E-state index contributed by atoms with van der Waals surface area (Å²) in [6.45, 7) is 3.25. The van der Waals surface area contributed by atoms with Crippen molar-refractivity contribution < 1.29 is 23.9 Å². The van der Waals surface area contributed by atoms with Crippen molar-refractivity contribution in [1.82, 2.24) is 4.90 Å². The van der Waals surface area contributed by atoms with E-state index < -0.39 is 29.4 Å². The summed E-state index contributed by atoms with van der Waals surface area (Å²) in [4.78, 5) is 57.3. The number of rotatable bonds is 5. The van der Waals surface area contributed by atoms with E-state index in [0.29, 0.717) is 28.1 Å². The molecule has 0 unspecified atom stereocenters. The van der Waals surface area contributed by atoms with E-state index in [1.165, 1.54) is 6.92 Å². The van der Waals surface area contributed by atoms with Crippen molar-refractivity contribution >= 4 is 35.2 Å². The van der Waals surface area contributed by atoms with Crippen LogP contribution >= 0.6 is 0 Å². The van der Waals surface area contributed by atoms with E-state index in [-0.39, 0.29) is 17.5 Å². The number of ketones is 2. The molecule has 4 aromatic carbocycles. The van der Waals surface area contributed by atoms with Crippen LogP contribution in [0, 0.1) is 12.8 Å². The fourth-order valence-electron chi connectivity index (χ4n) is 7.09. The normalized spacial score (nSPS) is 22.9. The number of benzene rings is 4. The van der Waals surface area contributed by atoms with Gasteiger partial charge in [-0.15, -0.1) is 0 Å². The van der Waals surface area contributed by atoms with E-state index in [1.807, 2.05) is 84.8 Å². The number of hydrogen-bond donors (Lipinski definition) is 1. The molecule has 3 aliphatic rings. The third-order valence-electron chi connectivity index (χ3n) is 8.86. The van der Waals surface area contributed by atoms with Gasteiger partial charge in [-0.3, -0.25) is 19.2 Å². The van der Waals surface area contributed by atoms with Gasteiger partial charge in [0.25, 0.3) is 0 Å². The average molecular weight is 569 g/mol. The number of fused-ring (bicyclic) bond motifs is 6. The summed E-state index contributed by atoms with van der Waals surface area (Å²) in [5.41, 5.74) is 3.53. The summed E-state index contributed by atoms with van der Waals surface area (Å²) in [6, 6.07) is 27.2. The maximum Gasteiger partial charge on any atom is 0.308 e. The number of carbonyl (C=O) groups excluding carboxylic acids is 4. The third-order valence-corrected chi connectivity index (χ3v) is 8.86. The van der Waals surface area contributed by atoms with Gasteiger partial charge in [-0.25, -0.2) is 0 Å². The van der Waals surface area contributed by atoms with Crippen molar-refractivity contribution in [3.8, 4) is 5.75 Å². The van der Waals surface area contributed by atoms with Crippen LogP contribution in [0.25, 0.3) is 6.08 Å². The smallest absolute Gasteiger partial charge is 0.308 e. The molecule has 0 radical (unpaired) electrons. The number of nitrogens with zero attached hydrogens (tertiary/aromatic N) is 1. The number of amides is 1. The Morgan fingerprint density at radius 2 is 1.47 bits per heavy atom. The first-order chi connectivity index (χ1) is 20.8. The van der Waals surface area contributed by atoms with Crippen LogP contribution in [0.5, 0.6) is 5.75 Å². The number of aryl methyl sites for hydroxylation is 1. The van der Waals surface area contributed by atoms with Gasteiger partial charge in [0.2, 0.25) is 5.91 Å². The van der Waals surface area contributed by atoms with E-state index >= 15 is 0 Å². The van der Waals surface area contributed by atoms with Crippen LogP contribution in [-0.2, 0) is 15.0 Å². The lowest BCUT2D eigenvalue weighted by molar-refractivity contribution is -0.131. The van der Waals surface area contributed by atoms with E-state index in [9.17, 15) is 19.2 Å². The molecule has 1 saturated heterocycles. The van der Waals surface area contributed by atoms with Crippen molar-refractivity contribution in [2.75, 3.05) is 5.32 Å². The van der Waals surface area contributed by atoms with Gasteiger partial charge in [0, 0.05) is 29.9 Å². The third kappa shape index (κ3) is 3.96. The molecule has 1 fully saturated rings. The predicted molar refractivity (Wildman–Crippen MR) is 162 cm³/mol. The second kappa shape index (κ2) is 9.91. The van der Waals surface area contributed by atoms with Gasteiger partial charge >= 0.3 is 5.97 Å². The standard InChI is InChI=1S/C36H28N2O5/c1-21-11-13-24(14-12-21)32(40)30-31(33(41)25-15-17-26(18-16-25)43-22(2)39)38-20-19-23-7-3-4-8-27(23)34(38)36(30)28-9-5-6-10-29(28)37-35(36)42/h3-20,30-31,34H,1-2H3,(H,37,42)/t30-,31+,34+,36-/m1/s1. The zero-order chi connectivity index (χ0) is 29.9. The van der Waals surface area contributed by atoms with Crippen molar-refractivity contribution in [3.63, 3.8) is 0 Å². The molecular weight excluding hydrogens is 540 g/mol. The van der Waals surface area contributed by atoms with Gasteiger partial charge in [-0.1, -0.05) is 72.3 Å². The number of Topliss-reactive ketones (excluding diaryl/α,β-unsaturated/α-hetero) is 2. The predicted octanol–water partition coefficient (Wildman–Crippen LogP) is 5.90. The summed E-state index contributed by atoms with van der Waals surface area (Å²) >= 11 is 0. The highest BCUT2D eigenvalue weighted by atomic mass is 16.5. The molecule has 1 N–H and O–H groups in total. The molecule has 7 nitrogen and oxygen atoms in total. The molecule has 3 heterocycles. The minimum atomic E-state index is -1.39. The van der Waals surface area contributed by atoms with Crippen LogP contribution in [-0.4, -0.2) is 34.4 Å². The Labute approximate surface area is 248 Å². The zero-order valence-corrected chi connectivity index (χ0v) is 23.6. The Kier molecular flexibility index (Phi) is 6.13. The van der Waals surface area contributed by atoms with E-state index in [0.717, 1.165) is 16.7 Å². The monoisotopic (exact) mass is 568 g/mol. The second-order valence-electron chi connectivity index (χ2n) is 11.3. The Bertz CT molecular complexity index is 1840. The van der Waals surface area contributed by atoms with Crippen LogP contribution in [0.4, 0.5) is 5.69 Å². The SMILES string of the molecule is CC(=O)Oc1ccc(C(=O)[C@@H]2[C@H](C(=O)c3ccc(C)cc3)[C@@]3(C(=O)Nc4ccccc43)[C@@H]3c4ccccc4C=CN23)cc1. The number of anilines is 1. The van der Waals surface area contributed by atoms with Crippen LogP contribution in [0.2, 0.25) is 0 Å². The van der Waals surface area contributed by atoms with Gasteiger partial charge in [0.1, 0.15) is 17.2 Å². The highest BCUT2D eigenvalue weighted by Gasteiger charge is 2.70. The quantitative estimate of drug-likeness (QED) is 0.183. The zero-order valence-electron chi connectivity index (χ0n) is 23.6. The van der Waals surface area contributed by atoms with Crippen molar-refractivity contribution in [2.45, 2.75) is 31.3 Å². The summed E-state index contributed by atoms with van der Waals surface area (Å²) in [5, 5.41) is 3.06. The molecule has 0 aromatic heterocycles. The lowest BCUT2D eigenvalue weighted by Crippen LogP contribution is -2.49. The number of esters is 1. The average Bonchev–Trinajstić information content (AvgIpc) is 3.49. The Morgan fingerprint density at radius 1 is 0.814 bits per heavy atom. The molecule has 7 rings (SSSR count). The van der Waals surface area contributed by atoms with Crippen molar-refractivity contribution in [1.29, 1.82) is 0 Å². The van der Waals surface area contributed by atoms with E-state index in [4.69, 9.17) is 4.74 Å². The fraction of sp³-hybridized carbons (Fsp3) is 0.167. The molecule has 1 spiro atoms. The van der Waals surface area contributed by atoms with Crippen molar-refractivity contribution in [2.24, 2.45) is 5.92 Å². The summed E-state index contributed by atoms with van der Waals surface area (Å²) in [7, 11) is 0. The van der Waals surface area contributed by atoms with Gasteiger partial charge in [-0.05, 0) is 60.0 Å². The maximum absolute atomic E-state index is 14.8. The first kappa shape index (κ1) is 26.6. The molecule has 1 amide bonds. The van der Waals surface area contributed by atoms with Crippen LogP contribution < -0.4 is 10.1 Å². The second-order valence-corrected chi connectivity index (χ2v) is 11.3. The minimum Gasteiger partial charge on any atom is -0.427 e. The molecule has 3 aliphatic heterocycles. The van der Waals surface area contributed by atoms with Gasteiger partial charge < -0.3 is 15.0 Å². The number of ether oxygens (including phenoxy) is 1. The molecule has 0 saturated carbocycles. The Hall–Kier alpha value is -5.30. The van der Waals surface area contributed by atoms with Gasteiger partial charge in [0.05, 0.1) is 12.0 Å². The maximum atomic E-state index is 14.8. The van der Waals surface area contributed by atoms with E-state index in [1.54, 1.807) is 36.4 Å². The largest absolute Gasteiger partial charge is 0.427 e. The Balaban J connectivity index is 1.48. The summed E-state index contributed by atoms with van der Waals surface area (Å²) in [5.74, 6) is -2.09. The minimum absolute atomic E-state index is 0.276. The highest BCUT2D eigenvalue weighted by Crippen LogP contribution is 2.62. The lowest BCUT2D eigenvalue weighted by Gasteiger charge is -2.38. The molecule has 4 aromatic rings. The molecule has 0 bridgehead atoms. The number of carbonyl (C=O) groups is 4. The van der Waals surface area contributed by atoms with Crippen LogP contribution in [0.15, 0.2) is 103 Å². The number of para-hydroxylation sites is 1. The molecule has 7 heteroatoms. The summed E-state index contributed by atoms with van der Waals surface area (Å²) < 4.78 is 5.18. The Morgan fingerprint density at radius 3 is 2.21 bits per heavy atom. The topological polar surface area (TPSA) is 92.8 Å². The van der Waals surface area contributed by atoms with Crippen LogP contribution in [0.3, 0.4) is 0 Å². The first-order valence-corrected chi connectivity index (χ1v) is 14.2. The number of hydrogen-bond acceptors (Lipinski definition) is 6. The molecule has 4 atom stereocenters. The van der Waals surface area contributed by atoms with Crippen molar-refractivity contribution in [3.05, 3.63) is 137 Å². The number of nitrogens with one attached hydrogen (secondary N) is 1. The van der Waals surface area contributed by atoms with Crippen LogP contribution in [0.1, 0.15) is 55.9 Å². The summed E-state index contributed by atoms with van der Waals surface area (Å²) in [6.07, 6.45) is 3.78. The fourth-order valence-corrected chi connectivity index (χ4v) is 7.09. The molecule has 0 aliphatic carbocycles. The molecular formula is C36H28N2O5.